The molecule has 0 aliphatic heterocycles. The molecular formula is C14H12Br2OS. The van der Waals surface area contributed by atoms with Crippen molar-refractivity contribution >= 4 is 49.0 Å². The molecule has 2 aromatic rings. The number of carbonyl (C=O) groups is 1. The number of halogens is 2. The highest BCUT2D eigenvalue weighted by Crippen LogP contribution is 2.33. The highest BCUT2D eigenvalue weighted by atomic mass is 79.9. The van der Waals surface area contributed by atoms with E-state index < -0.39 is 0 Å². The maximum atomic E-state index is 12.3. The molecule has 0 atom stereocenters. The Labute approximate surface area is 127 Å². The summed E-state index contributed by atoms with van der Waals surface area (Å²) in [7, 11) is 0. The maximum absolute atomic E-state index is 12.3. The van der Waals surface area contributed by atoms with Crippen LogP contribution >= 0.6 is 43.2 Å². The van der Waals surface area contributed by atoms with Crippen LogP contribution in [-0.2, 0) is 0 Å². The summed E-state index contributed by atoms with van der Waals surface area (Å²) in [5.74, 6) is 0.556. The summed E-state index contributed by atoms with van der Waals surface area (Å²) >= 11 is 8.25. The minimum absolute atomic E-state index is 0.0710. The zero-order valence-corrected chi connectivity index (χ0v) is 14.0. The standard InChI is InChI=1S/C14H12Br2OS/c1-8(2)9-3-5-10(6-4-9)13(17)12-7-11(15)14(16)18-12/h3-8H,1-2H3. The smallest absolute Gasteiger partial charge is 0.203 e. The van der Waals surface area contributed by atoms with Crippen molar-refractivity contribution in [3.63, 3.8) is 0 Å². The van der Waals surface area contributed by atoms with Crippen LogP contribution in [0.5, 0.6) is 0 Å². The highest BCUT2D eigenvalue weighted by Gasteiger charge is 2.14. The SMILES string of the molecule is CC(C)c1ccc(C(=O)c2cc(Br)c(Br)s2)cc1. The van der Waals surface area contributed by atoms with Crippen LogP contribution in [-0.4, -0.2) is 5.78 Å². The van der Waals surface area contributed by atoms with Crippen molar-refractivity contribution in [1.82, 2.24) is 0 Å². The summed E-state index contributed by atoms with van der Waals surface area (Å²) in [5.41, 5.74) is 1.99. The van der Waals surface area contributed by atoms with E-state index in [4.69, 9.17) is 0 Å². The molecule has 0 amide bonds. The van der Waals surface area contributed by atoms with Crippen LogP contribution in [0, 0.1) is 0 Å². The van der Waals surface area contributed by atoms with E-state index in [1.165, 1.54) is 16.9 Å². The van der Waals surface area contributed by atoms with Gasteiger partial charge >= 0.3 is 0 Å². The van der Waals surface area contributed by atoms with E-state index in [1.807, 2.05) is 30.3 Å². The zero-order chi connectivity index (χ0) is 13.3. The quantitative estimate of drug-likeness (QED) is 0.624. The Morgan fingerprint density at radius 1 is 1.17 bits per heavy atom. The van der Waals surface area contributed by atoms with Gasteiger partial charge in [0.25, 0.3) is 0 Å². The normalized spacial score (nSPS) is 10.9. The van der Waals surface area contributed by atoms with Gasteiger partial charge in [-0.05, 0) is 49.4 Å². The Bertz CT molecular complexity index is 550. The number of benzene rings is 1. The molecular weight excluding hydrogens is 376 g/mol. The molecule has 0 saturated heterocycles. The number of carbonyl (C=O) groups excluding carboxylic acids is 1. The molecule has 0 spiro atoms. The van der Waals surface area contributed by atoms with Gasteiger partial charge in [0.2, 0.25) is 5.78 Å². The van der Waals surface area contributed by atoms with Crippen LogP contribution < -0.4 is 0 Å². The van der Waals surface area contributed by atoms with E-state index in [1.54, 1.807) is 0 Å². The molecule has 0 radical (unpaired) electrons. The largest absolute Gasteiger partial charge is 0.288 e. The first-order chi connectivity index (χ1) is 8.49. The number of rotatable bonds is 3. The first-order valence-electron chi connectivity index (χ1n) is 5.58. The number of thiophene rings is 1. The molecule has 0 saturated carbocycles. The van der Waals surface area contributed by atoms with E-state index >= 15 is 0 Å². The van der Waals surface area contributed by atoms with Gasteiger partial charge in [0.05, 0.1) is 8.66 Å². The van der Waals surface area contributed by atoms with Crippen LogP contribution in [0.1, 0.15) is 40.6 Å². The third-order valence-electron chi connectivity index (χ3n) is 2.71. The lowest BCUT2D eigenvalue weighted by Crippen LogP contribution is -1.99. The molecule has 0 fully saturated rings. The molecule has 1 heterocycles. The van der Waals surface area contributed by atoms with Gasteiger partial charge in [0.15, 0.2) is 0 Å². The maximum Gasteiger partial charge on any atom is 0.203 e. The van der Waals surface area contributed by atoms with E-state index in [-0.39, 0.29) is 5.78 Å². The average molecular weight is 388 g/mol. The van der Waals surface area contributed by atoms with Crippen LogP contribution in [0.15, 0.2) is 38.6 Å². The second-order valence-corrected chi connectivity index (χ2v) is 7.56. The highest BCUT2D eigenvalue weighted by molar-refractivity contribution is 9.13. The molecule has 0 bridgehead atoms. The van der Waals surface area contributed by atoms with E-state index in [0.29, 0.717) is 5.92 Å². The topological polar surface area (TPSA) is 17.1 Å². The third-order valence-corrected chi connectivity index (χ3v) is 5.96. The van der Waals surface area contributed by atoms with Gasteiger partial charge in [-0.15, -0.1) is 11.3 Å². The predicted octanol–water partition coefficient (Wildman–Crippen LogP) is 5.63. The molecule has 0 aliphatic rings. The first kappa shape index (κ1) is 14.0. The molecule has 0 unspecified atom stereocenters. The Balaban J connectivity index is 2.28. The summed E-state index contributed by atoms with van der Waals surface area (Å²) in [6.45, 7) is 4.29. The van der Waals surface area contributed by atoms with Gasteiger partial charge in [0, 0.05) is 10.0 Å². The van der Waals surface area contributed by atoms with Crippen molar-refractivity contribution in [2.24, 2.45) is 0 Å². The first-order valence-corrected chi connectivity index (χ1v) is 7.98. The van der Waals surface area contributed by atoms with Gasteiger partial charge in [-0.25, -0.2) is 0 Å². The molecule has 0 N–H and O–H groups in total. The Kier molecular flexibility index (Phi) is 4.41. The summed E-state index contributed by atoms with van der Waals surface area (Å²) in [5, 5.41) is 0. The van der Waals surface area contributed by atoms with E-state index in [0.717, 1.165) is 18.7 Å². The Morgan fingerprint density at radius 2 is 1.78 bits per heavy atom. The van der Waals surface area contributed by atoms with Crippen molar-refractivity contribution in [2.45, 2.75) is 19.8 Å². The van der Waals surface area contributed by atoms with Gasteiger partial charge in [-0.1, -0.05) is 38.1 Å². The minimum atomic E-state index is 0.0710. The second kappa shape index (κ2) is 5.68. The molecule has 4 heteroatoms. The minimum Gasteiger partial charge on any atom is -0.288 e. The molecule has 1 aromatic carbocycles. The number of hydrogen-bond donors (Lipinski definition) is 0. The summed E-state index contributed by atoms with van der Waals surface area (Å²) in [4.78, 5) is 13.0. The van der Waals surface area contributed by atoms with Crippen LogP contribution in [0.3, 0.4) is 0 Å². The van der Waals surface area contributed by atoms with Gasteiger partial charge in [-0.3, -0.25) is 4.79 Å². The fourth-order valence-electron chi connectivity index (χ4n) is 1.62. The van der Waals surface area contributed by atoms with Crippen LogP contribution in [0.2, 0.25) is 0 Å². The summed E-state index contributed by atoms with van der Waals surface area (Å²) < 4.78 is 1.87. The molecule has 1 nitrogen and oxygen atoms in total. The molecule has 2 rings (SSSR count). The summed E-state index contributed by atoms with van der Waals surface area (Å²) in [6.07, 6.45) is 0. The van der Waals surface area contributed by atoms with Gasteiger partial charge in [0.1, 0.15) is 0 Å². The lowest BCUT2D eigenvalue weighted by atomic mass is 10.0. The Hall–Kier alpha value is -0.450. The Morgan fingerprint density at radius 3 is 2.22 bits per heavy atom. The predicted molar refractivity (Wildman–Crippen MR) is 83.7 cm³/mol. The van der Waals surface area contributed by atoms with Crippen molar-refractivity contribution < 1.29 is 4.79 Å². The zero-order valence-electron chi connectivity index (χ0n) is 10.0. The van der Waals surface area contributed by atoms with Gasteiger partial charge < -0.3 is 0 Å². The molecule has 1 aromatic heterocycles. The van der Waals surface area contributed by atoms with Crippen molar-refractivity contribution in [1.29, 1.82) is 0 Å². The summed E-state index contributed by atoms with van der Waals surface area (Å²) in [6, 6.07) is 9.71. The monoisotopic (exact) mass is 386 g/mol. The number of hydrogen-bond acceptors (Lipinski definition) is 2. The third kappa shape index (κ3) is 2.92. The van der Waals surface area contributed by atoms with Crippen LogP contribution in [0.4, 0.5) is 0 Å². The second-order valence-electron chi connectivity index (χ2n) is 4.34. The van der Waals surface area contributed by atoms with Crippen molar-refractivity contribution in [3.8, 4) is 0 Å². The van der Waals surface area contributed by atoms with Crippen molar-refractivity contribution in [3.05, 3.63) is 54.6 Å². The van der Waals surface area contributed by atoms with Crippen LogP contribution in [0.25, 0.3) is 0 Å². The molecule has 0 aliphatic carbocycles. The fourth-order valence-corrected chi connectivity index (χ4v) is 3.62. The fraction of sp³-hybridized carbons (Fsp3) is 0.214. The lowest BCUT2D eigenvalue weighted by molar-refractivity contribution is 0.104. The van der Waals surface area contributed by atoms with E-state index in [9.17, 15) is 4.79 Å². The van der Waals surface area contributed by atoms with E-state index in [2.05, 4.69) is 45.7 Å². The molecule has 94 valence electrons. The lowest BCUT2D eigenvalue weighted by Gasteiger charge is -2.05. The average Bonchev–Trinajstić information content (AvgIpc) is 2.69. The van der Waals surface area contributed by atoms with Gasteiger partial charge in [-0.2, -0.15) is 0 Å². The molecule has 18 heavy (non-hydrogen) atoms. The number of ketones is 1. The van der Waals surface area contributed by atoms with Crippen molar-refractivity contribution in [2.75, 3.05) is 0 Å².